The summed E-state index contributed by atoms with van der Waals surface area (Å²) in [5, 5.41) is 1.23. The Bertz CT molecular complexity index is 579. The second kappa shape index (κ2) is 5.90. The van der Waals surface area contributed by atoms with Crippen molar-refractivity contribution in [3.8, 4) is 0 Å². The highest BCUT2D eigenvalue weighted by molar-refractivity contribution is 5.78. The Hall–Kier alpha value is -1.45. The molecule has 3 nitrogen and oxygen atoms in total. The van der Waals surface area contributed by atoms with E-state index in [4.69, 9.17) is 5.73 Å². The fourth-order valence-electron chi connectivity index (χ4n) is 3.15. The van der Waals surface area contributed by atoms with Gasteiger partial charge in [-0.2, -0.15) is 0 Å². The van der Waals surface area contributed by atoms with Crippen LogP contribution in [0.25, 0.3) is 10.9 Å². The van der Waals surface area contributed by atoms with Gasteiger partial charge in [0.25, 0.3) is 0 Å². The lowest BCUT2D eigenvalue weighted by Gasteiger charge is -2.34. The maximum atomic E-state index is 6.06. The lowest BCUT2D eigenvalue weighted by molar-refractivity contribution is 0.154. The number of benzene rings is 1. The average molecular weight is 269 g/mol. The van der Waals surface area contributed by atoms with Gasteiger partial charge in [-0.05, 0) is 56.0 Å². The first-order valence-electron chi connectivity index (χ1n) is 7.54. The molecule has 20 heavy (non-hydrogen) atoms. The number of hydrogen-bond acceptors (Lipinski definition) is 3. The molecule has 0 bridgehead atoms. The van der Waals surface area contributed by atoms with Crippen LogP contribution in [0.15, 0.2) is 36.5 Å². The molecule has 0 spiro atoms. The molecule has 2 aromatic rings. The van der Waals surface area contributed by atoms with Crippen molar-refractivity contribution in [3.05, 3.63) is 42.1 Å². The molecule has 2 atom stereocenters. The standard InChI is InChI=1S/C17H23N3/c1-13(18)16-5-3-9-20(12-16)11-14-6-7-17-15(10-14)4-2-8-19-17/h2,4,6-8,10,13,16H,3,5,9,11-12,18H2,1H3. The number of nitrogens with two attached hydrogens (primary N) is 1. The average Bonchev–Trinajstić information content (AvgIpc) is 2.47. The summed E-state index contributed by atoms with van der Waals surface area (Å²) in [5.41, 5.74) is 8.51. The van der Waals surface area contributed by atoms with Gasteiger partial charge in [0.1, 0.15) is 0 Å². The minimum atomic E-state index is 0.304. The molecule has 3 heteroatoms. The van der Waals surface area contributed by atoms with Gasteiger partial charge in [-0.1, -0.05) is 12.1 Å². The lowest BCUT2D eigenvalue weighted by atomic mass is 9.92. The molecule has 2 unspecified atom stereocenters. The summed E-state index contributed by atoms with van der Waals surface area (Å²) in [6.07, 6.45) is 4.39. The summed E-state index contributed by atoms with van der Waals surface area (Å²) in [6.45, 7) is 5.47. The molecular formula is C17H23N3. The molecule has 106 valence electrons. The van der Waals surface area contributed by atoms with Crippen LogP contribution < -0.4 is 5.73 Å². The molecule has 1 aliphatic heterocycles. The highest BCUT2D eigenvalue weighted by Gasteiger charge is 2.22. The zero-order chi connectivity index (χ0) is 13.9. The second-order valence-corrected chi connectivity index (χ2v) is 6.03. The van der Waals surface area contributed by atoms with E-state index in [1.807, 2.05) is 12.3 Å². The van der Waals surface area contributed by atoms with Crippen LogP contribution in [0.5, 0.6) is 0 Å². The molecule has 1 aliphatic rings. The molecule has 1 aromatic carbocycles. The Labute approximate surface area is 120 Å². The van der Waals surface area contributed by atoms with E-state index in [1.54, 1.807) is 0 Å². The Morgan fingerprint density at radius 1 is 1.40 bits per heavy atom. The van der Waals surface area contributed by atoms with Crippen LogP contribution in [0.2, 0.25) is 0 Å². The third kappa shape index (κ3) is 3.00. The highest BCUT2D eigenvalue weighted by atomic mass is 15.1. The van der Waals surface area contributed by atoms with Crippen molar-refractivity contribution < 1.29 is 0 Å². The quantitative estimate of drug-likeness (QED) is 0.931. The third-order valence-electron chi connectivity index (χ3n) is 4.36. The second-order valence-electron chi connectivity index (χ2n) is 6.03. The number of rotatable bonds is 3. The normalized spacial score (nSPS) is 22.0. The topological polar surface area (TPSA) is 42.1 Å². The van der Waals surface area contributed by atoms with Crippen LogP contribution in [-0.2, 0) is 6.54 Å². The minimum Gasteiger partial charge on any atom is -0.328 e. The molecule has 1 fully saturated rings. The number of fused-ring (bicyclic) bond motifs is 1. The van der Waals surface area contributed by atoms with Gasteiger partial charge in [-0.3, -0.25) is 9.88 Å². The molecule has 2 heterocycles. The van der Waals surface area contributed by atoms with Crippen molar-refractivity contribution in [2.45, 2.75) is 32.4 Å². The summed E-state index contributed by atoms with van der Waals surface area (Å²) < 4.78 is 0. The van der Waals surface area contributed by atoms with E-state index in [-0.39, 0.29) is 0 Å². The number of hydrogen-bond donors (Lipinski definition) is 1. The monoisotopic (exact) mass is 269 g/mol. The van der Waals surface area contributed by atoms with Gasteiger partial charge < -0.3 is 5.73 Å². The number of likely N-dealkylation sites (tertiary alicyclic amines) is 1. The Kier molecular flexibility index (Phi) is 3.99. The smallest absolute Gasteiger partial charge is 0.0702 e. The van der Waals surface area contributed by atoms with Gasteiger partial charge in [0.2, 0.25) is 0 Å². The highest BCUT2D eigenvalue weighted by Crippen LogP contribution is 2.21. The first kappa shape index (κ1) is 13.5. The summed E-state index contributed by atoms with van der Waals surface area (Å²) in [6, 6.07) is 11.0. The lowest BCUT2D eigenvalue weighted by Crippen LogP contribution is -2.41. The Morgan fingerprint density at radius 3 is 3.15 bits per heavy atom. The first-order valence-corrected chi connectivity index (χ1v) is 7.54. The van der Waals surface area contributed by atoms with Crippen molar-refractivity contribution in [2.75, 3.05) is 13.1 Å². The van der Waals surface area contributed by atoms with Crippen molar-refractivity contribution in [1.82, 2.24) is 9.88 Å². The van der Waals surface area contributed by atoms with E-state index in [9.17, 15) is 0 Å². The van der Waals surface area contributed by atoms with Gasteiger partial charge in [-0.15, -0.1) is 0 Å². The molecule has 2 N–H and O–H groups in total. The largest absolute Gasteiger partial charge is 0.328 e. The van der Waals surface area contributed by atoms with Gasteiger partial charge in [0.05, 0.1) is 5.52 Å². The molecule has 0 amide bonds. The zero-order valence-corrected chi connectivity index (χ0v) is 12.1. The molecule has 0 aliphatic carbocycles. The maximum Gasteiger partial charge on any atom is 0.0702 e. The Balaban J connectivity index is 1.72. The SMILES string of the molecule is CC(N)C1CCCN(Cc2ccc3ncccc3c2)C1. The van der Waals surface area contributed by atoms with E-state index in [1.165, 1.54) is 30.3 Å². The van der Waals surface area contributed by atoms with Gasteiger partial charge in [0.15, 0.2) is 0 Å². The molecule has 0 saturated carbocycles. The molecule has 3 rings (SSSR count). The minimum absolute atomic E-state index is 0.304. The van der Waals surface area contributed by atoms with Gasteiger partial charge >= 0.3 is 0 Å². The fraction of sp³-hybridized carbons (Fsp3) is 0.471. The summed E-state index contributed by atoms with van der Waals surface area (Å²) in [4.78, 5) is 6.91. The van der Waals surface area contributed by atoms with Crippen LogP contribution in [0.4, 0.5) is 0 Å². The van der Waals surface area contributed by atoms with Crippen LogP contribution >= 0.6 is 0 Å². The van der Waals surface area contributed by atoms with Crippen LogP contribution in [0, 0.1) is 5.92 Å². The third-order valence-corrected chi connectivity index (χ3v) is 4.36. The van der Waals surface area contributed by atoms with E-state index in [2.05, 4.69) is 41.1 Å². The number of nitrogens with zero attached hydrogens (tertiary/aromatic N) is 2. The summed E-state index contributed by atoms with van der Waals surface area (Å²) in [7, 11) is 0. The number of aromatic nitrogens is 1. The zero-order valence-electron chi connectivity index (χ0n) is 12.1. The van der Waals surface area contributed by atoms with Crippen molar-refractivity contribution in [1.29, 1.82) is 0 Å². The predicted molar refractivity (Wildman–Crippen MR) is 83.4 cm³/mol. The van der Waals surface area contributed by atoms with E-state index in [0.717, 1.165) is 18.6 Å². The van der Waals surface area contributed by atoms with Crippen molar-refractivity contribution in [2.24, 2.45) is 11.7 Å². The number of pyridine rings is 1. The van der Waals surface area contributed by atoms with E-state index < -0.39 is 0 Å². The molecule has 0 radical (unpaired) electrons. The van der Waals surface area contributed by atoms with Crippen LogP contribution in [0.1, 0.15) is 25.3 Å². The summed E-state index contributed by atoms with van der Waals surface area (Å²) in [5.74, 6) is 0.644. The summed E-state index contributed by atoms with van der Waals surface area (Å²) >= 11 is 0. The van der Waals surface area contributed by atoms with Crippen LogP contribution in [-0.4, -0.2) is 29.0 Å². The van der Waals surface area contributed by atoms with Crippen molar-refractivity contribution in [3.63, 3.8) is 0 Å². The van der Waals surface area contributed by atoms with Gasteiger partial charge in [0, 0.05) is 30.7 Å². The molecular weight excluding hydrogens is 246 g/mol. The predicted octanol–water partition coefficient (Wildman–Crippen LogP) is 2.79. The maximum absolute atomic E-state index is 6.06. The van der Waals surface area contributed by atoms with Gasteiger partial charge in [-0.25, -0.2) is 0 Å². The van der Waals surface area contributed by atoms with E-state index >= 15 is 0 Å². The Morgan fingerprint density at radius 2 is 2.30 bits per heavy atom. The number of piperidine rings is 1. The molecule has 1 aromatic heterocycles. The van der Waals surface area contributed by atoms with E-state index in [0.29, 0.717) is 12.0 Å². The fourth-order valence-corrected chi connectivity index (χ4v) is 3.15. The first-order chi connectivity index (χ1) is 9.72. The molecule has 1 saturated heterocycles. The van der Waals surface area contributed by atoms with Crippen molar-refractivity contribution >= 4 is 10.9 Å². The van der Waals surface area contributed by atoms with Crippen LogP contribution in [0.3, 0.4) is 0 Å².